The fourth-order valence-corrected chi connectivity index (χ4v) is 9.49. The van der Waals surface area contributed by atoms with Crippen molar-refractivity contribution >= 4 is 48.6 Å². The molecule has 9 aromatic rings. The zero-order chi connectivity index (χ0) is 33.8. The van der Waals surface area contributed by atoms with Gasteiger partial charge in [0.05, 0.1) is 5.41 Å². The van der Waals surface area contributed by atoms with E-state index in [9.17, 15) is 0 Å². The first-order valence-electron chi connectivity index (χ1n) is 17.5. The molecule has 0 fully saturated rings. The van der Waals surface area contributed by atoms with E-state index in [1.54, 1.807) is 0 Å². The van der Waals surface area contributed by atoms with Crippen LogP contribution in [0.15, 0.2) is 200 Å². The first-order valence-corrected chi connectivity index (χ1v) is 18.3. The van der Waals surface area contributed by atoms with Gasteiger partial charge in [0.25, 0.3) is 0 Å². The average molecular weight is 668 g/mol. The van der Waals surface area contributed by atoms with Gasteiger partial charge in [-0.3, -0.25) is 0 Å². The molecule has 1 heterocycles. The minimum absolute atomic E-state index is 0.403. The highest BCUT2D eigenvalue weighted by Gasteiger charge is 2.45. The SMILES string of the molecule is c1ccc(-c2ccc(N(c3ccccc3)c3ccc4c(c3)sc3cc(C5(c6ccccc6)c6ccccc6-c6ccccc65)ccc34)cc2)cc1. The second-order valence-corrected chi connectivity index (χ2v) is 14.4. The second kappa shape index (κ2) is 12.0. The van der Waals surface area contributed by atoms with E-state index in [0.717, 1.165) is 17.1 Å². The largest absolute Gasteiger partial charge is 0.310 e. The quantitative estimate of drug-likeness (QED) is 0.171. The van der Waals surface area contributed by atoms with Crippen molar-refractivity contribution in [2.75, 3.05) is 4.90 Å². The van der Waals surface area contributed by atoms with Crippen molar-refractivity contribution in [3.05, 3.63) is 222 Å². The van der Waals surface area contributed by atoms with Crippen LogP contribution in [0.25, 0.3) is 42.4 Å². The van der Waals surface area contributed by atoms with Gasteiger partial charge >= 0.3 is 0 Å². The standard InChI is InChI=1S/C49H33NS/c1-4-14-34(15-5-1)35-24-27-39(28-25-35)50(38-18-8-3-9-19-38)40-29-31-44-43-30-26-37(32-47(43)51-48(44)33-40)49(36-16-6-2-7-17-36)45-22-12-10-20-41(45)42-21-11-13-23-46(42)49/h1-33H. The van der Waals surface area contributed by atoms with Crippen LogP contribution < -0.4 is 4.90 Å². The van der Waals surface area contributed by atoms with E-state index in [0.29, 0.717) is 0 Å². The van der Waals surface area contributed by atoms with Crippen LogP contribution >= 0.6 is 11.3 Å². The summed E-state index contributed by atoms with van der Waals surface area (Å²) < 4.78 is 2.58. The van der Waals surface area contributed by atoms with Crippen molar-refractivity contribution in [1.29, 1.82) is 0 Å². The third-order valence-corrected chi connectivity index (χ3v) is 11.7. The summed E-state index contributed by atoms with van der Waals surface area (Å²) in [7, 11) is 0. The highest BCUT2D eigenvalue weighted by atomic mass is 32.1. The lowest BCUT2D eigenvalue weighted by molar-refractivity contribution is 0.770. The van der Waals surface area contributed by atoms with Crippen LogP contribution in [-0.2, 0) is 5.41 Å². The molecule has 0 atom stereocenters. The van der Waals surface area contributed by atoms with E-state index in [-0.39, 0.29) is 0 Å². The molecule has 10 rings (SSSR count). The molecule has 1 aromatic heterocycles. The molecule has 0 N–H and O–H groups in total. The molecule has 0 bridgehead atoms. The van der Waals surface area contributed by atoms with Gasteiger partial charge in [-0.05, 0) is 87.0 Å². The Hall–Kier alpha value is -6.22. The number of hydrogen-bond donors (Lipinski definition) is 0. The molecule has 0 amide bonds. The van der Waals surface area contributed by atoms with E-state index in [4.69, 9.17) is 0 Å². The van der Waals surface area contributed by atoms with E-state index >= 15 is 0 Å². The number of fused-ring (bicyclic) bond motifs is 6. The van der Waals surface area contributed by atoms with E-state index < -0.39 is 5.41 Å². The van der Waals surface area contributed by atoms with E-state index in [2.05, 4.69) is 205 Å². The summed E-state index contributed by atoms with van der Waals surface area (Å²) in [5, 5.41) is 2.59. The second-order valence-electron chi connectivity index (χ2n) is 13.3. The predicted molar refractivity (Wildman–Crippen MR) is 217 cm³/mol. The molecule has 0 unspecified atom stereocenters. The normalized spacial score (nSPS) is 12.9. The first-order chi connectivity index (χ1) is 25.3. The molecule has 2 heteroatoms. The molecule has 1 aliphatic carbocycles. The summed E-state index contributed by atoms with van der Waals surface area (Å²) in [4.78, 5) is 2.36. The molecular formula is C49H33NS. The molecule has 0 saturated heterocycles. The van der Waals surface area contributed by atoms with E-state index in [1.165, 1.54) is 64.7 Å². The van der Waals surface area contributed by atoms with Gasteiger partial charge in [-0.1, -0.05) is 158 Å². The minimum Gasteiger partial charge on any atom is -0.310 e. The summed E-state index contributed by atoms with van der Waals surface area (Å²) in [5.74, 6) is 0. The molecule has 0 spiro atoms. The van der Waals surface area contributed by atoms with Crippen molar-refractivity contribution in [2.45, 2.75) is 5.41 Å². The van der Waals surface area contributed by atoms with Crippen LogP contribution in [0.5, 0.6) is 0 Å². The van der Waals surface area contributed by atoms with Crippen LogP contribution in [0.3, 0.4) is 0 Å². The average Bonchev–Trinajstić information content (AvgIpc) is 3.72. The topological polar surface area (TPSA) is 3.24 Å². The highest BCUT2D eigenvalue weighted by Crippen LogP contribution is 2.56. The Morgan fingerprint density at radius 1 is 0.353 bits per heavy atom. The zero-order valence-electron chi connectivity index (χ0n) is 27.9. The number of rotatable bonds is 6. The van der Waals surface area contributed by atoms with Crippen molar-refractivity contribution in [3.63, 3.8) is 0 Å². The number of para-hydroxylation sites is 1. The van der Waals surface area contributed by atoms with Crippen LogP contribution in [0, 0.1) is 0 Å². The third kappa shape index (κ3) is 4.68. The van der Waals surface area contributed by atoms with Gasteiger partial charge in [0.15, 0.2) is 0 Å². The maximum absolute atomic E-state index is 2.46. The van der Waals surface area contributed by atoms with Gasteiger partial charge in [0, 0.05) is 37.2 Å². The fourth-order valence-electron chi connectivity index (χ4n) is 8.31. The van der Waals surface area contributed by atoms with Crippen molar-refractivity contribution in [3.8, 4) is 22.3 Å². The summed E-state index contributed by atoms with van der Waals surface area (Å²) in [6, 6.07) is 73.3. The molecule has 1 aliphatic rings. The lowest BCUT2D eigenvalue weighted by atomic mass is 9.67. The van der Waals surface area contributed by atoms with Crippen LogP contribution in [0.2, 0.25) is 0 Å². The number of nitrogens with zero attached hydrogens (tertiary/aromatic N) is 1. The van der Waals surface area contributed by atoms with Gasteiger partial charge in [-0.2, -0.15) is 0 Å². The summed E-state index contributed by atoms with van der Waals surface area (Å²) >= 11 is 1.89. The Kier molecular flexibility index (Phi) is 6.97. The Morgan fingerprint density at radius 2 is 0.843 bits per heavy atom. The Balaban J connectivity index is 1.13. The Labute approximate surface area is 302 Å². The molecule has 0 aliphatic heterocycles. The summed E-state index contributed by atoms with van der Waals surface area (Å²) in [5.41, 5.74) is 13.4. The van der Waals surface area contributed by atoms with Crippen molar-refractivity contribution in [1.82, 2.24) is 0 Å². The molecule has 0 radical (unpaired) electrons. The molecule has 240 valence electrons. The van der Waals surface area contributed by atoms with Gasteiger partial charge in [-0.25, -0.2) is 0 Å². The summed E-state index contributed by atoms with van der Waals surface area (Å²) in [6.45, 7) is 0. The van der Waals surface area contributed by atoms with Crippen molar-refractivity contribution in [2.24, 2.45) is 0 Å². The molecular weight excluding hydrogens is 635 g/mol. The minimum atomic E-state index is -0.403. The Morgan fingerprint density at radius 3 is 1.51 bits per heavy atom. The van der Waals surface area contributed by atoms with Crippen LogP contribution in [0.1, 0.15) is 22.3 Å². The molecule has 51 heavy (non-hydrogen) atoms. The predicted octanol–water partition coefficient (Wildman–Crippen LogP) is 13.6. The van der Waals surface area contributed by atoms with Gasteiger partial charge < -0.3 is 4.90 Å². The number of thiophene rings is 1. The van der Waals surface area contributed by atoms with Crippen molar-refractivity contribution < 1.29 is 0 Å². The van der Waals surface area contributed by atoms with Crippen LogP contribution in [-0.4, -0.2) is 0 Å². The Bertz CT molecular complexity index is 2630. The van der Waals surface area contributed by atoms with E-state index in [1.807, 2.05) is 11.3 Å². The number of benzene rings is 8. The fraction of sp³-hybridized carbons (Fsp3) is 0.0204. The maximum atomic E-state index is 2.46. The molecule has 1 nitrogen and oxygen atoms in total. The molecule has 8 aromatic carbocycles. The van der Waals surface area contributed by atoms with Gasteiger partial charge in [0.2, 0.25) is 0 Å². The first kappa shape index (κ1) is 29.7. The lowest BCUT2D eigenvalue weighted by Crippen LogP contribution is -2.28. The zero-order valence-corrected chi connectivity index (χ0v) is 28.7. The monoisotopic (exact) mass is 667 g/mol. The maximum Gasteiger partial charge on any atom is 0.0714 e. The number of anilines is 3. The van der Waals surface area contributed by atoms with Gasteiger partial charge in [-0.15, -0.1) is 11.3 Å². The third-order valence-electron chi connectivity index (χ3n) is 10.6. The molecule has 0 saturated carbocycles. The smallest absolute Gasteiger partial charge is 0.0714 e. The summed E-state index contributed by atoms with van der Waals surface area (Å²) in [6.07, 6.45) is 0. The van der Waals surface area contributed by atoms with Gasteiger partial charge in [0.1, 0.15) is 0 Å². The lowest BCUT2D eigenvalue weighted by Gasteiger charge is -2.33. The highest BCUT2D eigenvalue weighted by molar-refractivity contribution is 7.25. The van der Waals surface area contributed by atoms with Crippen LogP contribution in [0.4, 0.5) is 17.1 Å². The number of hydrogen-bond acceptors (Lipinski definition) is 2.